The highest BCUT2D eigenvalue weighted by Crippen LogP contribution is 2.24. The van der Waals surface area contributed by atoms with Crippen molar-refractivity contribution in [1.82, 2.24) is 9.62 Å². The molecule has 1 fully saturated rings. The topological polar surface area (TPSA) is 58.6 Å². The fourth-order valence-corrected chi connectivity index (χ4v) is 3.82. The van der Waals surface area contributed by atoms with Crippen LogP contribution in [-0.2, 0) is 14.8 Å². The molecule has 0 unspecified atom stereocenters. The molecule has 0 heterocycles. The van der Waals surface area contributed by atoms with Gasteiger partial charge in [0, 0.05) is 26.2 Å². The largest absolute Gasteiger partial charge is 0.384 e. The molecular weight excluding hydrogens is 252 g/mol. The van der Waals surface area contributed by atoms with E-state index in [0.29, 0.717) is 6.04 Å². The first-order valence-electron chi connectivity index (χ1n) is 6.69. The lowest BCUT2D eigenvalue weighted by Crippen LogP contribution is -2.44. The molecule has 1 saturated carbocycles. The first-order chi connectivity index (χ1) is 8.51. The number of methoxy groups -OCH3 is 1. The second-order valence-electron chi connectivity index (χ2n) is 4.89. The zero-order valence-corrected chi connectivity index (χ0v) is 12.5. The third kappa shape index (κ3) is 4.50. The molecule has 1 N–H and O–H groups in total. The number of hydrogen-bond donors (Lipinski definition) is 1. The molecule has 1 aliphatic rings. The van der Waals surface area contributed by atoms with Crippen molar-refractivity contribution >= 4 is 10.0 Å². The van der Waals surface area contributed by atoms with Crippen molar-refractivity contribution in [3.05, 3.63) is 0 Å². The fourth-order valence-electron chi connectivity index (χ4n) is 2.49. The average molecular weight is 278 g/mol. The highest BCUT2D eigenvalue weighted by Gasteiger charge is 2.29. The van der Waals surface area contributed by atoms with Crippen LogP contribution in [0.25, 0.3) is 0 Å². The molecule has 0 aromatic rings. The van der Waals surface area contributed by atoms with Gasteiger partial charge in [0.25, 0.3) is 0 Å². The van der Waals surface area contributed by atoms with Gasteiger partial charge in [-0.05, 0) is 32.2 Å². The molecule has 108 valence electrons. The van der Waals surface area contributed by atoms with Crippen LogP contribution in [0.5, 0.6) is 0 Å². The molecule has 0 aromatic carbocycles. The lowest BCUT2D eigenvalue weighted by atomic mass is 9.91. The summed E-state index contributed by atoms with van der Waals surface area (Å²) >= 11 is 0. The maximum Gasteiger partial charge on any atom is 0.216 e. The van der Waals surface area contributed by atoms with E-state index in [1.54, 1.807) is 11.4 Å². The van der Waals surface area contributed by atoms with Crippen LogP contribution in [0.3, 0.4) is 0 Å². The number of nitrogens with zero attached hydrogens (tertiary/aromatic N) is 1. The molecule has 0 atom stereocenters. The van der Waals surface area contributed by atoms with Gasteiger partial charge in [-0.25, -0.2) is 12.7 Å². The molecule has 0 amide bonds. The van der Waals surface area contributed by atoms with Gasteiger partial charge in [0.15, 0.2) is 0 Å². The lowest BCUT2D eigenvalue weighted by molar-refractivity contribution is 0.212. The maximum absolute atomic E-state index is 12.0. The normalized spacial score (nSPS) is 25.6. The average Bonchev–Trinajstić information content (AvgIpc) is 2.37. The third-order valence-corrected chi connectivity index (χ3v) is 5.55. The van der Waals surface area contributed by atoms with Crippen molar-refractivity contribution in [3.8, 4) is 0 Å². The standard InChI is InChI=1S/C12H26N2O3S/c1-4-13-11-5-7-12(8-6-11)14(2)18(15,16)10-9-17-3/h11-13H,4-10H2,1-3H3. The summed E-state index contributed by atoms with van der Waals surface area (Å²) in [7, 11) is 0.0587. The van der Waals surface area contributed by atoms with Crippen LogP contribution < -0.4 is 5.32 Å². The van der Waals surface area contributed by atoms with Gasteiger partial charge in [-0.3, -0.25) is 0 Å². The Morgan fingerprint density at radius 3 is 2.39 bits per heavy atom. The van der Waals surface area contributed by atoms with Crippen LogP contribution in [-0.4, -0.2) is 57.9 Å². The van der Waals surface area contributed by atoms with E-state index in [1.807, 2.05) is 0 Å². The minimum Gasteiger partial charge on any atom is -0.384 e. The highest BCUT2D eigenvalue weighted by molar-refractivity contribution is 7.89. The van der Waals surface area contributed by atoms with E-state index in [0.717, 1.165) is 32.2 Å². The van der Waals surface area contributed by atoms with Gasteiger partial charge in [-0.15, -0.1) is 0 Å². The Hall–Kier alpha value is -0.170. The van der Waals surface area contributed by atoms with Gasteiger partial charge in [0.1, 0.15) is 0 Å². The summed E-state index contributed by atoms with van der Waals surface area (Å²) in [6.45, 7) is 3.35. The smallest absolute Gasteiger partial charge is 0.216 e. The Morgan fingerprint density at radius 1 is 1.28 bits per heavy atom. The molecule has 6 heteroatoms. The van der Waals surface area contributed by atoms with Crippen molar-refractivity contribution in [3.63, 3.8) is 0 Å². The molecule has 0 aliphatic heterocycles. The molecule has 18 heavy (non-hydrogen) atoms. The summed E-state index contributed by atoms with van der Waals surface area (Å²) in [5, 5.41) is 3.43. The Labute approximate surface area is 111 Å². The minimum atomic E-state index is -3.16. The van der Waals surface area contributed by atoms with Crippen LogP contribution in [0.1, 0.15) is 32.6 Å². The summed E-state index contributed by atoms with van der Waals surface area (Å²) in [6, 6.07) is 0.711. The molecule has 0 radical (unpaired) electrons. The SMILES string of the molecule is CCNC1CCC(N(C)S(=O)(=O)CCOC)CC1. The second kappa shape index (κ2) is 7.43. The molecule has 0 spiro atoms. The van der Waals surface area contributed by atoms with Crippen molar-refractivity contribution < 1.29 is 13.2 Å². The van der Waals surface area contributed by atoms with Crippen LogP contribution in [0.2, 0.25) is 0 Å². The zero-order valence-electron chi connectivity index (χ0n) is 11.7. The van der Waals surface area contributed by atoms with Gasteiger partial charge in [0.05, 0.1) is 12.4 Å². The third-order valence-electron chi connectivity index (χ3n) is 3.69. The quantitative estimate of drug-likeness (QED) is 0.749. The van der Waals surface area contributed by atoms with Crippen LogP contribution in [0, 0.1) is 0 Å². The van der Waals surface area contributed by atoms with Gasteiger partial charge in [-0.1, -0.05) is 6.92 Å². The van der Waals surface area contributed by atoms with E-state index in [4.69, 9.17) is 4.74 Å². The van der Waals surface area contributed by atoms with Crippen molar-refractivity contribution in [2.24, 2.45) is 0 Å². The van der Waals surface area contributed by atoms with E-state index >= 15 is 0 Å². The van der Waals surface area contributed by atoms with Gasteiger partial charge < -0.3 is 10.1 Å². The molecule has 0 bridgehead atoms. The predicted octanol–water partition coefficient (Wildman–Crippen LogP) is 0.815. The number of rotatable bonds is 7. The minimum absolute atomic E-state index is 0.0765. The lowest BCUT2D eigenvalue weighted by Gasteiger charge is -2.34. The van der Waals surface area contributed by atoms with Crippen molar-refractivity contribution in [2.75, 3.05) is 33.1 Å². The maximum atomic E-state index is 12.0. The van der Waals surface area contributed by atoms with E-state index in [9.17, 15) is 8.42 Å². The van der Waals surface area contributed by atoms with Gasteiger partial charge >= 0.3 is 0 Å². The zero-order chi connectivity index (χ0) is 13.6. The molecule has 0 saturated heterocycles. The number of sulfonamides is 1. The second-order valence-corrected chi connectivity index (χ2v) is 7.04. The van der Waals surface area contributed by atoms with Gasteiger partial charge in [-0.2, -0.15) is 0 Å². The van der Waals surface area contributed by atoms with Crippen LogP contribution >= 0.6 is 0 Å². The fraction of sp³-hybridized carbons (Fsp3) is 1.00. The summed E-state index contributed by atoms with van der Waals surface area (Å²) < 4.78 is 30.5. The summed E-state index contributed by atoms with van der Waals surface area (Å²) in [5.41, 5.74) is 0. The predicted molar refractivity (Wildman–Crippen MR) is 73.1 cm³/mol. The highest BCUT2D eigenvalue weighted by atomic mass is 32.2. The van der Waals surface area contributed by atoms with E-state index < -0.39 is 10.0 Å². The summed E-state index contributed by atoms with van der Waals surface area (Å²) in [5.74, 6) is 0.0765. The Morgan fingerprint density at radius 2 is 1.89 bits per heavy atom. The number of hydrogen-bond acceptors (Lipinski definition) is 4. The van der Waals surface area contributed by atoms with Crippen molar-refractivity contribution in [2.45, 2.75) is 44.7 Å². The summed E-state index contributed by atoms with van der Waals surface area (Å²) in [4.78, 5) is 0. The molecule has 1 aliphatic carbocycles. The number of ether oxygens (including phenoxy) is 1. The van der Waals surface area contributed by atoms with Crippen molar-refractivity contribution in [1.29, 1.82) is 0 Å². The molecule has 5 nitrogen and oxygen atoms in total. The monoisotopic (exact) mass is 278 g/mol. The van der Waals surface area contributed by atoms with Gasteiger partial charge in [0.2, 0.25) is 10.0 Å². The first kappa shape index (κ1) is 15.9. The number of nitrogens with one attached hydrogen (secondary N) is 1. The molecule has 0 aromatic heterocycles. The Balaban J connectivity index is 2.46. The summed E-state index contributed by atoms with van der Waals surface area (Å²) in [6.07, 6.45) is 4.01. The van der Waals surface area contributed by atoms with E-state index in [1.165, 1.54) is 7.11 Å². The van der Waals surface area contributed by atoms with E-state index in [-0.39, 0.29) is 18.4 Å². The van der Waals surface area contributed by atoms with Crippen LogP contribution in [0.15, 0.2) is 0 Å². The Kier molecular flexibility index (Phi) is 6.55. The molecular formula is C12H26N2O3S. The first-order valence-corrected chi connectivity index (χ1v) is 8.30. The van der Waals surface area contributed by atoms with E-state index in [2.05, 4.69) is 12.2 Å². The Bertz CT molecular complexity index is 324. The molecule has 1 rings (SSSR count). The van der Waals surface area contributed by atoms with Crippen LogP contribution in [0.4, 0.5) is 0 Å².